The number of carbonyl (C=O) groups is 2. The molecule has 1 fully saturated rings. The smallest absolute Gasteiger partial charge is 0.227 e. The maximum absolute atomic E-state index is 10.1. The van der Waals surface area contributed by atoms with E-state index in [9.17, 15) is 9.59 Å². The Hall–Kier alpha value is 0.600. The van der Waals surface area contributed by atoms with Gasteiger partial charge in [-0.3, -0.25) is 14.9 Å². The Labute approximate surface area is 76.3 Å². The zero-order valence-electron chi connectivity index (χ0n) is 4.49. The lowest BCUT2D eigenvalue weighted by atomic mass is 10.4. The molecule has 0 unspecified atom stereocenters. The maximum Gasteiger partial charge on any atom is 0.227 e. The van der Waals surface area contributed by atoms with Gasteiger partial charge in [-0.2, -0.15) is 0 Å². The molecule has 2 amide bonds. The molecular weight excluding hydrogens is 348 g/mol. The molecule has 1 saturated heterocycles. The molecule has 1 heterocycles. The Bertz CT molecular complexity index is 112. The highest BCUT2D eigenvalue weighted by molar-refractivity contribution is 15.0. The van der Waals surface area contributed by atoms with Crippen LogP contribution in [0.15, 0.2) is 0 Å². The molecule has 0 aromatic rings. The van der Waals surface area contributed by atoms with Crippen molar-refractivity contribution in [2.75, 3.05) is 0 Å². The summed E-state index contributed by atoms with van der Waals surface area (Å²) in [5.41, 5.74) is 0. The van der Waals surface area contributed by atoms with Crippen LogP contribution in [-0.4, -0.2) is 11.8 Å². The highest BCUT2D eigenvalue weighted by atomic mass is 128. The van der Waals surface area contributed by atoms with Crippen LogP contribution >= 0.6 is 37.2 Å². The first-order valence-electron chi connectivity index (χ1n) is 2.26. The Morgan fingerprint density at radius 3 is 1.56 bits per heavy atom. The van der Waals surface area contributed by atoms with Crippen LogP contribution in [0.3, 0.4) is 0 Å². The largest absolute Gasteiger partial charge is 0.296 e. The lowest BCUT2D eigenvalue weighted by Gasteiger charge is -1.79. The SMILES string of the molecule is II.O=C1CCC(=O)N1. The Morgan fingerprint density at radius 2 is 1.44 bits per heavy atom. The second-order valence-electron chi connectivity index (χ2n) is 1.47. The van der Waals surface area contributed by atoms with Crippen LogP contribution in [-0.2, 0) is 9.59 Å². The van der Waals surface area contributed by atoms with Gasteiger partial charge < -0.3 is 0 Å². The van der Waals surface area contributed by atoms with E-state index in [2.05, 4.69) is 42.5 Å². The summed E-state index contributed by atoms with van der Waals surface area (Å²) in [5, 5.41) is 2.14. The molecule has 0 bridgehead atoms. The van der Waals surface area contributed by atoms with Crippen LogP contribution in [0, 0.1) is 0 Å². The summed E-state index contributed by atoms with van der Waals surface area (Å²) in [7, 11) is 0. The van der Waals surface area contributed by atoms with E-state index < -0.39 is 0 Å². The molecular formula is C4H5I2NO2. The van der Waals surface area contributed by atoms with Gasteiger partial charge in [0, 0.05) is 50.1 Å². The molecule has 1 N–H and O–H groups in total. The third-order valence-electron chi connectivity index (χ3n) is 0.858. The summed E-state index contributed by atoms with van der Waals surface area (Å²) in [5.74, 6) is -0.296. The first-order valence-corrected chi connectivity index (χ1v) is 8.54. The van der Waals surface area contributed by atoms with Crippen LogP contribution in [0.25, 0.3) is 0 Å². The third kappa shape index (κ3) is 4.06. The Kier molecular flexibility index (Phi) is 5.75. The van der Waals surface area contributed by atoms with E-state index >= 15 is 0 Å². The normalized spacial score (nSPS) is 16.2. The van der Waals surface area contributed by atoms with Gasteiger partial charge in [0.15, 0.2) is 0 Å². The number of rotatable bonds is 0. The molecule has 3 nitrogen and oxygen atoms in total. The van der Waals surface area contributed by atoms with E-state index in [-0.39, 0.29) is 11.8 Å². The van der Waals surface area contributed by atoms with Crippen molar-refractivity contribution in [3.05, 3.63) is 0 Å². The van der Waals surface area contributed by atoms with Crippen molar-refractivity contribution in [2.45, 2.75) is 12.8 Å². The highest BCUT2D eigenvalue weighted by Gasteiger charge is 2.15. The molecule has 0 aliphatic carbocycles. The molecule has 0 spiro atoms. The van der Waals surface area contributed by atoms with E-state index in [1.807, 2.05) is 0 Å². The molecule has 1 aliphatic heterocycles. The monoisotopic (exact) mass is 353 g/mol. The lowest BCUT2D eigenvalue weighted by Crippen LogP contribution is -2.18. The minimum atomic E-state index is -0.148. The summed E-state index contributed by atoms with van der Waals surface area (Å²) in [6, 6.07) is 0. The van der Waals surface area contributed by atoms with E-state index in [1.54, 1.807) is 0 Å². The minimum absolute atomic E-state index is 0.148. The summed E-state index contributed by atoms with van der Waals surface area (Å²) < 4.78 is 0. The van der Waals surface area contributed by atoms with Gasteiger partial charge in [-0.1, -0.05) is 0 Å². The standard InChI is InChI=1S/C4H5NO2.I2/c6-3-1-2-4(7)5-3;1-2/h1-2H2,(H,5,6,7);. The molecule has 52 valence electrons. The molecule has 0 aromatic carbocycles. The average Bonchev–Trinajstić information content (AvgIpc) is 2.20. The van der Waals surface area contributed by atoms with Gasteiger partial charge in [-0.05, 0) is 0 Å². The second kappa shape index (κ2) is 5.39. The molecule has 0 atom stereocenters. The van der Waals surface area contributed by atoms with Gasteiger partial charge in [0.25, 0.3) is 0 Å². The fourth-order valence-electron chi connectivity index (χ4n) is 0.508. The molecule has 5 heteroatoms. The van der Waals surface area contributed by atoms with E-state index in [4.69, 9.17) is 0 Å². The third-order valence-corrected chi connectivity index (χ3v) is 0.858. The second-order valence-corrected chi connectivity index (χ2v) is 1.47. The zero-order valence-corrected chi connectivity index (χ0v) is 8.80. The number of halogens is 2. The molecule has 0 aromatic heterocycles. The van der Waals surface area contributed by atoms with Crippen LogP contribution < -0.4 is 5.32 Å². The van der Waals surface area contributed by atoms with Gasteiger partial charge in [0.2, 0.25) is 11.8 Å². The fourth-order valence-corrected chi connectivity index (χ4v) is 0.508. The molecule has 1 rings (SSSR count). The number of amides is 2. The summed E-state index contributed by atoms with van der Waals surface area (Å²) in [4.78, 5) is 20.2. The predicted molar refractivity (Wildman–Crippen MR) is 50.4 cm³/mol. The van der Waals surface area contributed by atoms with Crippen molar-refractivity contribution in [1.29, 1.82) is 0 Å². The number of imide groups is 1. The topological polar surface area (TPSA) is 46.2 Å². The first kappa shape index (κ1) is 9.60. The minimum Gasteiger partial charge on any atom is -0.296 e. The predicted octanol–water partition coefficient (Wildman–Crippen LogP) is 1.19. The zero-order chi connectivity index (χ0) is 7.28. The average molecular weight is 353 g/mol. The van der Waals surface area contributed by atoms with Gasteiger partial charge >= 0.3 is 0 Å². The number of carbonyl (C=O) groups excluding carboxylic acids is 2. The molecule has 0 saturated carbocycles. The van der Waals surface area contributed by atoms with Crippen molar-refractivity contribution < 1.29 is 9.59 Å². The van der Waals surface area contributed by atoms with E-state index in [1.165, 1.54) is 0 Å². The Balaban J connectivity index is 0.000000291. The molecule has 1 aliphatic rings. The number of hydrogen-bond acceptors (Lipinski definition) is 2. The first-order chi connectivity index (χ1) is 4.29. The lowest BCUT2D eigenvalue weighted by molar-refractivity contribution is -0.124. The Morgan fingerprint density at radius 1 is 1.11 bits per heavy atom. The molecule has 0 radical (unpaired) electrons. The van der Waals surface area contributed by atoms with Crippen molar-refractivity contribution in [1.82, 2.24) is 5.32 Å². The van der Waals surface area contributed by atoms with Crippen LogP contribution in [0.1, 0.15) is 12.8 Å². The van der Waals surface area contributed by atoms with Gasteiger partial charge in [0.05, 0.1) is 0 Å². The quantitative estimate of drug-likeness (QED) is 0.526. The molecule has 9 heavy (non-hydrogen) atoms. The summed E-state index contributed by atoms with van der Waals surface area (Å²) in [6.45, 7) is 0. The van der Waals surface area contributed by atoms with Gasteiger partial charge in [-0.25, -0.2) is 0 Å². The van der Waals surface area contributed by atoms with Gasteiger partial charge in [0.1, 0.15) is 0 Å². The van der Waals surface area contributed by atoms with Crippen molar-refractivity contribution in [3.8, 4) is 0 Å². The van der Waals surface area contributed by atoms with Crippen molar-refractivity contribution in [2.24, 2.45) is 0 Å². The van der Waals surface area contributed by atoms with Crippen LogP contribution in [0.5, 0.6) is 0 Å². The summed E-state index contributed by atoms with van der Waals surface area (Å²) in [6.07, 6.45) is 0.748. The summed E-state index contributed by atoms with van der Waals surface area (Å²) >= 11 is 4.24. The highest BCUT2D eigenvalue weighted by Crippen LogP contribution is 1.95. The van der Waals surface area contributed by atoms with Crippen LogP contribution in [0.4, 0.5) is 0 Å². The fraction of sp³-hybridized carbons (Fsp3) is 0.500. The van der Waals surface area contributed by atoms with Gasteiger partial charge in [-0.15, -0.1) is 0 Å². The van der Waals surface area contributed by atoms with Crippen LogP contribution in [0.2, 0.25) is 0 Å². The number of hydrogen-bond donors (Lipinski definition) is 1. The van der Waals surface area contributed by atoms with Crippen molar-refractivity contribution >= 4 is 49.0 Å². The van der Waals surface area contributed by atoms with E-state index in [0.717, 1.165) is 0 Å². The van der Waals surface area contributed by atoms with E-state index in [0.29, 0.717) is 12.8 Å². The maximum atomic E-state index is 10.1. The number of nitrogens with one attached hydrogen (secondary N) is 1. The van der Waals surface area contributed by atoms with Crippen molar-refractivity contribution in [3.63, 3.8) is 0 Å².